The van der Waals surface area contributed by atoms with Crippen LogP contribution in [0, 0.1) is 5.82 Å². The van der Waals surface area contributed by atoms with E-state index in [1.54, 1.807) is 30.3 Å². The minimum absolute atomic E-state index is 0.0269. The lowest BCUT2D eigenvalue weighted by Gasteiger charge is -2.31. The maximum absolute atomic E-state index is 13.2. The van der Waals surface area contributed by atoms with Crippen LogP contribution in [0.1, 0.15) is 0 Å². The number of halogens is 1. The number of anilines is 1. The van der Waals surface area contributed by atoms with Gasteiger partial charge in [-0.1, -0.05) is 0 Å². The molecule has 0 amide bonds. The van der Waals surface area contributed by atoms with E-state index in [0.29, 0.717) is 28.2 Å². The Balaban J connectivity index is 1.76. The molecule has 0 fully saturated rings. The average molecular weight is 412 g/mol. The van der Waals surface area contributed by atoms with Crippen molar-refractivity contribution in [3.63, 3.8) is 0 Å². The van der Waals surface area contributed by atoms with Crippen LogP contribution < -0.4 is 4.90 Å². The third kappa shape index (κ3) is 3.50. The van der Waals surface area contributed by atoms with Crippen molar-refractivity contribution in [2.45, 2.75) is 0 Å². The molecule has 1 aliphatic heterocycles. The van der Waals surface area contributed by atoms with Gasteiger partial charge in [0.15, 0.2) is 5.58 Å². The second-order valence-corrected chi connectivity index (χ2v) is 6.39. The number of rotatable bonds is 4. The van der Waals surface area contributed by atoms with E-state index in [-0.39, 0.29) is 30.4 Å². The molecule has 0 unspecified atom stereocenters. The molecule has 2 heterocycles. The first kappa shape index (κ1) is 19.6. The molecule has 2 aromatic carbocycles. The van der Waals surface area contributed by atoms with Gasteiger partial charge in [0.25, 0.3) is 0 Å². The van der Waals surface area contributed by atoms with Crippen molar-refractivity contribution in [1.29, 1.82) is 0 Å². The predicted molar refractivity (Wildman–Crippen MR) is 104 cm³/mol. The van der Waals surface area contributed by atoms with E-state index in [1.807, 2.05) is 0 Å². The maximum atomic E-state index is 13.2. The van der Waals surface area contributed by atoms with Gasteiger partial charge >= 0.3 is 11.9 Å². The molecular formula is C21H17FN2O6. The summed E-state index contributed by atoms with van der Waals surface area (Å²) in [6, 6.07) is 10.9. The van der Waals surface area contributed by atoms with E-state index < -0.39 is 11.9 Å². The number of hydrogen-bond donors (Lipinski definition) is 0. The minimum atomic E-state index is -0.689. The first-order chi connectivity index (χ1) is 14.5. The zero-order valence-electron chi connectivity index (χ0n) is 16.2. The van der Waals surface area contributed by atoms with Crippen molar-refractivity contribution in [3.8, 4) is 11.5 Å². The Bertz CT molecular complexity index is 1150. The van der Waals surface area contributed by atoms with Gasteiger partial charge < -0.3 is 23.5 Å². The highest BCUT2D eigenvalue weighted by atomic mass is 19.1. The van der Waals surface area contributed by atoms with Crippen molar-refractivity contribution in [1.82, 2.24) is 4.98 Å². The molecule has 3 aromatic rings. The van der Waals surface area contributed by atoms with Crippen molar-refractivity contribution in [3.05, 3.63) is 59.6 Å². The zero-order chi connectivity index (χ0) is 21.3. The van der Waals surface area contributed by atoms with Crippen LogP contribution in [-0.2, 0) is 23.8 Å². The van der Waals surface area contributed by atoms with Crippen LogP contribution in [0.4, 0.5) is 10.1 Å². The van der Waals surface area contributed by atoms with Gasteiger partial charge in [-0.3, -0.25) is 0 Å². The van der Waals surface area contributed by atoms with E-state index in [4.69, 9.17) is 18.6 Å². The molecule has 1 aromatic heterocycles. The summed E-state index contributed by atoms with van der Waals surface area (Å²) in [5.74, 6) is -1.39. The largest absolute Gasteiger partial charge is 0.466 e. The maximum Gasteiger partial charge on any atom is 0.355 e. The summed E-state index contributed by atoms with van der Waals surface area (Å²) in [5, 5.41) is 0. The van der Waals surface area contributed by atoms with Gasteiger partial charge in [-0.2, -0.15) is 0 Å². The summed E-state index contributed by atoms with van der Waals surface area (Å²) in [4.78, 5) is 30.5. The minimum Gasteiger partial charge on any atom is -0.466 e. The molecule has 0 atom stereocenters. The Kier molecular flexibility index (Phi) is 5.20. The number of hydrogen-bond acceptors (Lipinski definition) is 8. The predicted octanol–water partition coefficient (Wildman–Crippen LogP) is 3.03. The number of methoxy groups -OCH3 is 2. The number of benzene rings is 2. The molecule has 30 heavy (non-hydrogen) atoms. The Morgan fingerprint density at radius 3 is 2.50 bits per heavy atom. The fraction of sp³-hybridized carbons (Fsp3) is 0.190. The Morgan fingerprint density at radius 2 is 1.80 bits per heavy atom. The van der Waals surface area contributed by atoms with E-state index in [1.165, 1.54) is 31.3 Å². The normalized spacial score (nSPS) is 14.2. The highest BCUT2D eigenvalue weighted by Crippen LogP contribution is 2.31. The first-order valence-corrected chi connectivity index (χ1v) is 8.93. The molecule has 8 nitrogen and oxygen atoms in total. The van der Waals surface area contributed by atoms with Crippen molar-refractivity contribution < 1.29 is 32.6 Å². The second kappa shape index (κ2) is 7.96. The molecular weight excluding hydrogens is 395 g/mol. The van der Waals surface area contributed by atoms with Crippen LogP contribution in [0.3, 0.4) is 0 Å². The number of oxazole rings is 1. The first-order valence-electron chi connectivity index (χ1n) is 8.93. The van der Waals surface area contributed by atoms with Gasteiger partial charge in [0, 0.05) is 11.3 Å². The summed E-state index contributed by atoms with van der Waals surface area (Å²) in [6.07, 6.45) is 0. The monoisotopic (exact) mass is 412 g/mol. The van der Waals surface area contributed by atoms with Gasteiger partial charge in [-0.25, -0.2) is 19.0 Å². The molecule has 154 valence electrons. The van der Waals surface area contributed by atoms with Crippen LogP contribution in [0.25, 0.3) is 22.6 Å². The van der Waals surface area contributed by atoms with Crippen molar-refractivity contribution >= 4 is 28.7 Å². The SMILES string of the molecule is COC(=O)C1=C(C(=O)OC)N(c2ccc3oc(-c4ccc(F)cc4)nc3c2)COC1. The highest BCUT2D eigenvalue weighted by Gasteiger charge is 2.32. The smallest absolute Gasteiger partial charge is 0.355 e. The number of nitrogens with zero attached hydrogens (tertiary/aromatic N) is 2. The fourth-order valence-corrected chi connectivity index (χ4v) is 3.15. The van der Waals surface area contributed by atoms with Crippen LogP contribution in [0.15, 0.2) is 58.2 Å². The molecule has 0 spiro atoms. The molecule has 0 saturated carbocycles. The highest BCUT2D eigenvalue weighted by molar-refractivity contribution is 6.03. The van der Waals surface area contributed by atoms with Crippen LogP contribution in [0.2, 0.25) is 0 Å². The summed E-state index contributed by atoms with van der Waals surface area (Å²) in [7, 11) is 2.45. The molecule has 1 aliphatic rings. The fourth-order valence-electron chi connectivity index (χ4n) is 3.15. The molecule has 0 bridgehead atoms. The van der Waals surface area contributed by atoms with Gasteiger partial charge in [-0.05, 0) is 42.5 Å². The standard InChI is InChI=1S/C21H17FN2O6/c1-27-20(25)15-10-29-11-24(18(15)21(26)28-2)14-7-8-17-16(9-14)23-19(30-17)12-3-5-13(22)6-4-12/h3-9H,10-11H2,1-2H3. The number of aromatic nitrogens is 1. The topological polar surface area (TPSA) is 91.1 Å². The lowest BCUT2D eigenvalue weighted by molar-refractivity contribution is -0.140. The van der Waals surface area contributed by atoms with Gasteiger partial charge in [0.05, 0.1) is 26.4 Å². The Hall–Kier alpha value is -3.72. The van der Waals surface area contributed by atoms with Gasteiger partial charge in [0.1, 0.15) is 23.8 Å². The van der Waals surface area contributed by atoms with Gasteiger partial charge in [0.2, 0.25) is 5.89 Å². The average Bonchev–Trinajstić information content (AvgIpc) is 3.21. The van der Waals surface area contributed by atoms with Crippen LogP contribution >= 0.6 is 0 Å². The number of ether oxygens (including phenoxy) is 3. The number of fused-ring (bicyclic) bond motifs is 1. The second-order valence-electron chi connectivity index (χ2n) is 6.39. The van der Waals surface area contributed by atoms with Gasteiger partial charge in [-0.15, -0.1) is 0 Å². The van der Waals surface area contributed by atoms with Crippen molar-refractivity contribution in [2.75, 3.05) is 32.5 Å². The zero-order valence-corrected chi connectivity index (χ0v) is 16.2. The Labute approximate surface area is 170 Å². The molecule has 0 radical (unpaired) electrons. The third-order valence-corrected chi connectivity index (χ3v) is 4.61. The third-order valence-electron chi connectivity index (χ3n) is 4.61. The summed E-state index contributed by atoms with van der Waals surface area (Å²) < 4.78 is 34.0. The quantitative estimate of drug-likeness (QED) is 0.604. The summed E-state index contributed by atoms with van der Waals surface area (Å²) in [6.45, 7) is -0.0480. The molecule has 0 aliphatic carbocycles. The van der Waals surface area contributed by atoms with E-state index in [9.17, 15) is 14.0 Å². The molecule has 0 saturated heterocycles. The number of carbonyl (C=O) groups excluding carboxylic acids is 2. The summed E-state index contributed by atoms with van der Waals surface area (Å²) >= 11 is 0. The Morgan fingerprint density at radius 1 is 1.07 bits per heavy atom. The summed E-state index contributed by atoms with van der Waals surface area (Å²) in [5.41, 5.74) is 2.29. The lowest BCUT2D eigenvalue weighted by atomic mass is 10.1. The van der Waals surface area contributed by atoms with E-state index >= 15 is 0 Å². The van der Waals surface area contributed by atoms with E-state index in [2.05, 4.69) is 4.98 Å². The van der Waals surface area contributed by atoms with Crippen LogP contribution in [0.5, 0.6) is 0 Å². The number of esters is 2. The lowest BCUT2D eigenvalue weighted by Crippen LogP contribution is -2.38. The molecule has 4 rings (SSSR count). The van der Waals surface area contributed by atoms with E-state index in [0.717, 1.165) is 0 Å². The van der Waals surface area contributed by atoms with Crippen molar-refractivity contribution in [2.24, 2.45) is 0 Å². The van der Waals surface area contributed by atoms with Crippen LogP contribution in [-0.4, -0.2) is 44.5 Å². The molecule has 9 heteroatoms. The molecule has 0 N–H and O–H groups in total. The number of carbonyl (C=O) groups is 2.